The van der Waals surface area contributed by atoms with Crippen molar-refractivity contribution in [2.75, 3.05) is 20.1 Å². The summed E-state index contributed by atoms with van der Waals surface area (Å²) in [6.45, 7) is 10.6. The summed E-state index contributed by atoms with van der Waals surface area (Å²) >= 11 is 0. The van der Waals surface area contributed by atoms with Crippen molar-refractivity contribution in [2.24, 2.45) is 34.3 Å². The lowest BCUT2D eigenvalue weighted by Crippen LogP contribution is -2.61. The van der Waals surface area contributed by atoms with Gasteiger partial charge in [-0.05, 0) is 35.5 Å². The summed E-state index contributed by atoms with van der Waals surface area (Å²) in [5.41, 5.74) is 4.83. The Hall–Kier alpha value is -2.85. The summed E-state index contributed by atoms with van der Waals surface area (Å²) in [5.74, 6) is -2.00. The maximum absolute atomic E-state index is 13.6. The molecule has 0 aromatic rings. The van der Waals surface area contributed by atoms with E-state index in [0.717, 1.165) is 0 Å². The van der Waals surface area contributed by atoms with Gasteiger partial charge in [0.2, 0.25) is 23.6 Å². The molecule has 2 heterocycles. The van der Waals surface area contributed by atoms with E-state index in [9.17, 15) is 24.0 Å². The van der Waals surface area contributed by atoms with Gasteiger partial charge < -0.3 is 31.9 Å². The Labute approximate surface area is 200 Å². The number of hydrogen-bond donors (Lipinski definition) is 5. The Morgan fingerprint density at radius 2 is 1.85 bits per heavy atom. The Bertz CT molecular complexity index is 882. The molecule has 190 valence electrons. The molecule has 0 bridgehead atoms. The number of nitrogens with one attached hydrogen (secondary N) is 4. The monoisotopic (exact) mass is 478 g/mol. The van der Waals surface area contributed by atoms with Gasteiger partial charge in [-0.2, -0.15) is 0 Å². The molecule has 0 spiro atoms. The Kier molecular flexibility index (Phi) is 6.87. The van der Waals surface area contributed by atoms with Gasteiger partial charge in [-0.3, -0.25) is 19.2 Å². The molecule has 3 unspecified atom stereocenters. The largest absolute Gasteiger partial charge is 0.368 e. The molecule has 3 rings (SSSR count). The number of carbonyl (C=O) groups is 5. The third kappa shape index (κ3) is 4.83. The molecule has 2 saturated heterocycles. The molecule has 0 radical (unpaired) electrons. The van der Waals surface area contributed by atoms with Crippen molar-refractivity contribution in [3.05, 3.63) is 0 Å². The predicted molar refractivity (Wildman–Crippen MR) is 124 cm³/mol. The van der Waals surface area contributed by atoms with E-state index in [1.807, 2.05) is 20.8 Å². The summed E-state index contributed by atoms with van der Waals surface area (Å²) in [6.07, 6.45) is 0.691. The van der Waals surface area contributed by atoms with Gasteiger partial charge in [0, 0.05) is 26.1 Å². The third-order valence-corrected chi connectivity index (χ3v) is 7.72. The molecule has 34 heavy (non-hydrogen) atoms. The fourth-order valence-electron chi connectivity index (χ4n) is 5.49. The van der Waals surface area contributed by atoms with Crippen molar-refractivity contribution in [3.8, 4) is 0 Å². The van der Waals surface area contributed by atoms with Gasteiger partial charge in [-0.15, -0.1) is 0 Å². The highest BCUT2D eigenvalue weighted by molar-refractivity contribution is 5.95. The first-order chi connectivity index (χ1) is 15.7. The highest BCUT2D eigenvalue weighted by Crippen LogP contribution is 2.65. The van der Waals surface area contributed by atoms with E-state index in [-0.39, 0.29) is 35.5 Å². The first-order valence-corrected chi connectivity index (χ1v) is 11.9. The Morgan fingerprint density at radius 1 is 1.21 bits per heavy atom. The molecule has 6 atom stereocenters. The molecule has 6 amide bonds. The van der Waals surface area contributed by atoms with Crippen LogP contribution in [0.25, 0.3) is 0 Å². The number of hydrogen-bond acceptors (Lipinski definition) is 5. The summed E-state index contributed by atoms with van der Waals surface area (Å²) in [6, 6.07) is -3.13. The fourth-order valence-corrected chi connectivity index (χ4v) is 5.49. The van der Waals surface area contributed by atoms with Crippen LogP contribution < -0.4 is 27.0 Å². The summed E-state index contributed by atoms with van der Waals surface area (Å²) in [4.78, 5) is 64.8. The number of rotatable bonds is 7. The van der Waals surface area contributed by atoms with Gasteiger partial charge in [0.1, 0.15) is 18.1 Å². The van der Waals surface area contributed by atoms with Gasteiger partial charge in [0.15, 0.2) is 0 Å². The minimum absolute atomic E-state index is 0.0691. The van der Waals surface area contributed by atoms with Crippen molar-refractivity contribution in [3.63, 3.8) is 0 Å². The van der Waals surface area contributed by atoms with Crippen molar-refractivity contribution in [2.45, 2.75) is 65.6 Å². The summed E-state index contributed by atoms with van der Waals surface area (Å²) < 4.78 is 0. The van der Waals surface area contributed by atoms with Crippen LogP contribution in [0.3, 0.4) is 0 Å². The molecule has 0 aromatic carbocycles. The first-order valence-electron chi connectivity index (χ1n) is 11.9. The van der Waals surface area contributed by atoms with E-state index in [2.05, 4.69) is 35.1 Å². The number of nitrogens with zero attached hydrogens (tertiary/aromatic N) is 1. The highest BCUT2D eigenvalue weighted by Gasteiger charge is 2.69. The molecule has 2 aliphatic heterocycles. The van der Waals surface area contributed by atoms with Crippen LogP contribution in [0.2, 0.25) is 0 Å². The molecule has 3 aliphatic rings. The minimum atomic E-state index is -1.01. The van der Waals surface area contributed by atoms with Crippen LogP contribution in [0, 0.1) is 28.6 Å². The standard InChI is InChI=1S/C23H38N6O5/c1-22(2,3)16(28-21(34)25-6)20(33)29-10-12-14(23(12,4)5)15(29)19(32)27-13(17(24)30)9-11-7-8-26-18(11)31/h11-16H,7-10H2,1-6H3,(H2,24,30)(H,26,31)(H,27,32)(H2,25,28,34)/t11-,12?,13-,14?,15?,16+/m0/s1. The lowest BCUT2D eigenvalue weighted by Gasteiger charge is -2.37. The number of piperidine rings is 1. The molecular weight excluding hydrogens is 440 g/mol. The van der Waals surface area contributed by atoms with E-state index in [1.54, 1.807) is 0 Å². The predicted octanol–water partition coefficient (Wildman–Crippen LogP) is -0.691. The Balaban J connectivity index is 1.82. The van der Waals surface area contributed by atoms with Crippen LogP contribution in [0.5, 0.6) is 0 Å². The molecule has 6 N–H and O–H groups in total. The molecule has 1 saturated carbocycles. The smallest absolute Gasteiger partial charge is 0.315 e. The number of amides is 6. The lowest BCUT2D eigenvalue weighted by molar-refractivity contribution is -0.144. The number of nitrogens with two attached hydrogens (primary N) is 1. The number of likely N-dealkylation sites (tertiary alicyclic amines) is 1. The molecular formula is C23H38N6O5. The summed E-state index contributed by atoms with van der Waals surface area (Å²) in [7, 11) is 1.47. The molecule has 3 fully saturated rings. The van der Waals surface area contributed by atoms with Gasteiger partial charge >= 0.3 is 6.03 Å². The average Bonchev–Trinajstić information content (AvgIpc) is 3.10. The van der Waals surface area contributed by atoms with Crippen LogP contribution in [-0.2, 0) is 19.2 Å². The number of primary amides is 1. The quantitative estimate of drug-likeness (QED) is 0.327. The van der Waals surface area contributed by atoms with E-state index >= 15 is 0 Å². The lowest BCUT2D eigenvalue weighted by atomic mass is 9.85. The second-order valence-electron chi connectivity index (χ2n) is 11.4. The van der Waals surface area contributed by atoms with Gasteiger partial charge in [0.25, 0.3) is 0 Å². The van der Waals surface area contributed by atoms with Crippen molar-refractivity contribution >= 4 is 29.7 Å². The van der Waals surface area contributed by atoms with E-state index in [1.165, 1.54) is 11.9 Å². The minimum Gasteiger partial charge on any atom is -0.368 e. The zero-order valence-corrected chi connectivity index (χ0v) is 20.9. The maximum atomic E-state index is 13.6. The highest BCUT2D eigenvalue weighted by atomic mass is 16.2. The molecule has 1 aliphatic carbocycles. The van der Waals surface area contributed by atoms with Crippen LogP contribution >= 0.6 is 0 Å². The van der Waals surface area contributed by atoms with Gasteiger partial charge in [0.05, 0.1) is 0 Å². The van der Waals surface area contributed by atoms with Crippen LogP contribution in [0.1, 0.15) is 47.5 Å². The number of fused-ring (bicyclic) bond motifs is 1. The normalized spacial score (nSPS) is 28.9. The van der Waals surface area contributed by atoms with Crippen molar-refractivity contribution < 1.29 is 24.0 Å². The zero-order chi connectivity index (χ0) is 25.6. The zero-order valence-electron chi connectivity index (χ0n) is 20.9. The van der Waals surface area contributed by atoms with Crippen LogP contribution in [0.4, 0.5) is 4.79 Å². The van der Waals surface area contributed by atoms with Crippen molar-refractivity contribution in [1.29, 1.82) is 0 Å². The fraction of sp³-hybridized carbons (Fsp3) is 0.783. The maximum Gasteiger partial charge on any atom is 0.315 e. The topological polar surface area (TPSA) is 163 Å². The van der Waals surface area contributed by atoms with Gasteiger partial charge in [-0.1, -0.05) is 34.6 Å². The number of carbonyl (C=O) groups excluding carboxylic acids is 5. The van der Waals surface area contributed by atoms with Gasteiger partial charge in [-0.25, -0.2) is 4.79 Å². The third-order valence-electron chi connectivity index (χ3n) is 7.72. The number of urea groups is 1. The van der Waals surface area contributed by atoms with Crippen molar-refractivity contribution in [1.82, 2.24) is 26.2 Å². The van der Waals surface area contributed by atoms with E-state index in [4.69, 9.17) is 5.73 Å². The van der Waals surface area contributed by atoms with E-state index in [0.29, 0.717) is 19.5 Å². The molecule has 11 nitrogen and oxygen atoms in total. The van der Waals surface area contributed by atoms with Crippen LogP contribution in [-0.4, -0.2) is 72.8 Å². The molecule has 11 heteroatoms. The first kappa shape index (κ1) is 25.8. The molecule has 0 aromatic heterocycles. The average molecular weight is 479 g/mol. The van der Waals surface area contributed by atoms with E-state index < -0.39 is 47.3 Å². The Morgan fingerprint density at radius 3 is 2.35 bits per heavy atom. The second kappa shape index (κ2) is 9.07. The SMILES string of the molecule is CNC(=O)N[C@H](C(=O)N1CC2C(C1C(=O)N[C@@H](C[C@@H]1CCNC1=O)C(N)=O)C2(C)C)C(C)(C)C. The summed E-state index contributed by atoms with van der Waals surface area (Å²) in [5, 5.41) is 10.6. The van der Waals surface area contributed by atoms with Crippen LogP contribution in [0.15, 0.2) is 0 Å². The second-order valence-corrected chi connectivity index (χ2v) is 11.4.